The third kappa shape index (κ3) is 4.67. The van der Waals surface area contributed by atoms with Gasteiger partial charge in [-0.05, 0) is 20.4 Å². The summed E-state index contributed by atoms with van der Waals surface area (Å²) in [7, 11) is 2.07. The highest BCUT2D eigenvalue weighted by Crippen LogP contribution is 2.17. The fourth-order valence-corrected chi connectivity index (χ4v) is 3.05. The predicted molar refractivity (Wildman–Crippen MR) is 92.1 cm³/mol. The van der Waals surface area contributed by atoms with Crippen molar-refractivity contribution >= 4 is 11.8 Å². The molecule has 3 heterocycles. The predicted octanol–water partition coefficient (Wildman–Crippen LogP) is 1.68. The van der Waals surface area contributed by atoms with E-state index in [0.29, 0.717) is 25.0 Å². The Bertz CT molecular complexity index is 711. The lowest BCUT2D eigenvalue weighted by Crippen LogP contribution is -2.36. The van der Waals surface area contributed by atoms with E-state index >= 15 is 0 Å². The van der Waals surface area contributed by atoms with Crippen LogP contribution in [0.4, 0.5) is 5.88 Å². The Balaban J connectivity index is 1.45. The number of hydrogen-bond acceptors (Lipinski definition) is 7. The fourth-order valence-electron chi connectivity index (χ4n) is 3.05. The molecule has 1 atom stereocenters. The van der Waals surface area contributed by atoms with E-state index in [9.17, 15) is 4.79 Å². The number of likely N-dealkylation sites (N-methyl/N-ethyl adjacent to an activating group) is 1. The topological polar surface area (TPSA) is 87.6 Å². The number of rotatable bonds is 7. The first-order valence-corrected chi connectivity index (χ1v) is 8.63. The Hall–Kier alpha value is -2.19. The Labute approximate surface area is 147 Å². The highest BCUT2D eigenvalue weighted by Gasteiger charge is 2.27. The van der Waals surface area contributed by atoms with E-state index in [4.69, 9.17) is 8.94 Å². The van der Waals surface area contributed by atoms with Crippen LogP contribution in [0.1, 0.15) is 30.7 Å². The van der Waals surface area contributed by atoms with Gasteiger partial charge >= 0.3 is 0 Å². The molecule has 136 valence electrons. The summed E-state index contributed by atoms with van der Waals surface area (Å²) in [6, 6.07) is 2.09. The van der Waals surface area contributed by atoms with Gasteiger partial charge in [0, 0.05) is 31.6 Å². The molecule has 0 bridgehead atoms. The number of oxazole rings is 1. The first-order valence-electron chi connectivity index (χ1n) is 8.63. The molecule has 1 amide bonds. The summed E-state index contributed by atoms with van der Waals surface area (Å²) in [6.45, 7) is 6.64. The molecule has 2 aromatic rings. The number of amides is 1. The van der Waals surface area contributed by atoms with Gasteiger partial charge in [-0.3, -0.25) is 19.9 Å². The van der Waals surface area contributed by atoms with Crippen LogP contribution < -0.4 is 5.32 Å². The molecule has 1 saturated heterocycles. The molecule has 0 radical (unpaired) electrons. The maximum Gasteiger partial charge on any atom is 0.240 e. The number of carbonyl (C=O) groups is 1. The molecule has 1 N–H and O–H groups in total. The summed E-state index contributed by atoms with van der Waals surface area (Å²) < 4.78 is 10.7. The van der Waals surface area contributed by atoms with Gasteiger partial charge in [0.25, 0.3) is 0 Å². The van der Waals surface area contributed by atoms with E-state index in [1.165, 1.54) is 0 Å². The van der Waals surface area contributed by atoms with Crippen molar-refractivity contribution in [2.75, 3.05) is 32.0 Å². The standard InChI is InChI=1S/C17H25N5O3/c1-4-14-8-18-17(24-14)11-21(3)13-5-6-22(9-13)10-15(23)19-16-7-12(2)20-25-16/h7-8,13H,4-6,9-11H2,1-3H3,(H,19,23)/t13-/m0/s1. The van der Waals surface area contributed by atoms with E-state index in [1.54, 1.807) is 12.3 Å². The molecular formula is C17H25N5O3. The van der Waals surface area contributed by atoms with Crippen LogP contribution in [0, 0.1) is 6.92 Å². The van der Waals surface area contributed by atoms with Gasteiger partial charge in [-0.2, -0.15) is 0 Å². The second-order valence-corrected chi connectivity index (χ2v) is 6.55. The second kappa shape index (κ2) is 7.79. The lowest BCUT2D eigenvalue weighted by molar-refractivity contribution is -0.117. The number of aromatic nitrogens is 2. The number of nitrogens with zero attached hydrogens (tertiary/aromatic N) is 4. The largest absolute Gasteiger partial charge is 0.444 e. The van der Waals surface area contributed by atoms with Gasteiger partial charge in [0.1, 0.15) is 5.76 Å². The van der Waals surface area contributed by atoms with Crippen molar-refractivity contribution in [3.63, 3.8) is 0 Å². The number of nitrogens with one attached hydrogen (secondary N) is 1. The third-order valence-corrected chi connectivity index (χ3v) is 4.46. The zero-order valence-electron chi connectivity index (χ0n) is 15.0. The normalized spacial score (nSPS) is 18.2. The van der Waals surface area contributed by atoms with Crippen LogP contribution in [0.25, 0.3) is 0 Å². The van der Waals surface area contributed by atoms with E-state index in [-0.39, 0.29) is 5.91 Å². The maximum absolute atomic E-state index is 12.1. The summed E-state index contributed by atoms with van der Waals surface area (Å²) in [5.41, 5.74) is 0.746. The molecule has 0 aliphatic carbocycles. The Morgan fingerprint density at radius 3 is 3.04 bits per heavy atom. The van der Waals surface area contributed by atoms with Crippen molar-refractivity contribution in [2.45, 2.75) is 39.3 Å². The fraction of sp³-hybridized carbons (Fsp3) is 0.588. The van der Waals surface area contributed by atoms with Crippen molar-refractivity contribution < 1.29 is 13.7 Å². The number of anilines is 1. The number of aryl methyl sites for hydroxylation is 2. The molecule has 3 rings (SSSR count). The van der Waals surface area contributed by atoms with Crippen LogP contribution in [0.5, 0.6) is 0 Å². The molecule has 0 unspecified atom stereocenters. The molecule has 1 fully saturated rings. The minimum Gasteiger partial charge on any atom is -0.444 e. The lowest BCUT2D eigenvalue weighted by atomic mass is 10.2. The molecule has 1 aliphatic heterocycles. The van der Waals surface area contributed by atoms with E-state index in [1.807, 2.05) is 13.8 Å². The van der Waals surface area contributed by atoms with Crippen LogP contribution >= 0.6 is 0 Å². The van der Waals surface area contributed by atoms with Crippen molar-refractivity contribution in [2.24, 2.45) is 0 Å². The summed E-state index contributed by atoms with van der Waals surface area (Å²) in [5.74, 6) is 1.97. The van der Waals surface area contributed by atoms with Gasteiger partial charge in [0.05, 0.1) is 25.0 Å². The highest BCUT2D eigenvalue weighted by atomic mass is 16.5. The van der Waals surface area contributed by atoms with Crippen LogP contribution in [-0.2, 0) is 17.8 Å². The summed E-state index contributed by atoms with van der Waals surface area (Å²) >= 11 is 0. The summed E-state index contributed by atoms with van der Waals surface area (Å²) in [4.78, 5) is 20.8. The van der Waals surface area contributed by atoms with Gasteiger partial charge in [-0.25, -0.2) is 4.98 Å². The first-order chi connectivity index (χ1) is 12.0. The molecule has 0 aromatic carbocycles. The second-order valence-electron chi connectivity index (χ2n) is 6.55. The first kappa shape index (κ1) is 17.6. The van der Waals surface area contributed by atoms with Crippen molar-refractivity contribution in [3.05, 3.63) is 29.6 Å². The number of hydrogen-bond donors (Lipinski definition) is 1. The van der Waals surface area contributed by atoms with Crippen LogP contribution in [0.15, 0.2) is 21.2 Å². The molecule has 0 saturated carbocycles. The quantitative estimate of drug-likeness (QED) is 0.815. The van der Waals surface area contributed by atoms with Gasteiger partial charge < -0.3 is 8.94 Å². The lowest BCUT2D eigenvalue weighted by Gasteiger charge is -2.23. The average molecular weight is 347 g/mol. The van der Waals surface area contributed by atoms with Gasteiger partial charge in [0.2, 0.25) is 17.7 Å². The number of likely N-dealkylation sites (tertiary alicyclic amines) is 1. The van der Waals surface area contributed by atoms with Crippen molar-refractivity contribution in [1.29, 1.82) is 0 Å². The van der Waals surface area contributed by atoms with Gasteiger partial charge in [-0.15, -0.1) is 0 Å². The van der Waals surface area contributed by atoms with Gasteiger partial charge in [-0.1, -0.05) is 12.1 Å². The average Bonchev–Trinajstić information content (AvgIpc) is 3.29. The van der Waals surface area contributed by atoms with Crippen molar-refractivity contribution in [3.8, 4) is 0 Å². The maximum atomic E-state index is 12.1. The molecule has 8 heteroatoms. The highest BCUT2D eigenvalue weighted by molar-refractivity contribution is 5.90. The molecule has 2 aromatic heterocycles. The Morgan fingerprint density at radius 2 is 2.36 bits per heavy atom. The monoisotopic (exact) mass is 347 g/mol. The van der Waals surface area contributed by atoms with E-state index < -0.39 is 0 Å². The van der Waals surface area contributed by atoms with Crippen LogP contribution in [0.3, 0.4) is 0 Å². The Morgan fingerprint density at radius 1 is 1.52 bits per heavy atom. The smallest absolute Gasteiger partial charge is 0.240 e. The number of carbonyl (C=O) groups excluding carboxylic acids is 1. The molecule has 1 aliphatic rings. The summed E-state index contributed by atoms with van der Waals surface area (Å²) in [6.07, 6.45) is 3.67. The zero-order valence-corrected chi connectivity index (χ0v) is 15.0. The minimum absolute atomic E-state index is 0.0836. The third-order valence-electron chi connectivity index (χ3n) is 4.46. The van der Waals surface area contributed by atoms with Crippen molar-refractivity contribution in [1.82, 2.24) is 19.9 Å². The zero-order chi connectivity index (χ0) is 17.8. The Kier molecular flexibility index (Phi) is 5.50. The molecular weight excluding hydrogens is 322 g/mol. The van der Waals surface area contributed by atoms with Crippen LogP contribution in [0.2, 0.25) is 0 Å². The molecule has 0 spiro atoms. The van der Waals surface area contributed by atoms with E-state index in [2.05, 4.69) is 32.3 Å². The van der Waals surface area contributed by atoms with E-state index in [0.717, 1.165) is 43.3 Å². The van der Waals surface area contributed by atoms with Gasteiger partial charge in [0.15, 0.2) is 0 Å². The molecule has 8 nitrogen and oxygen atoms in total. The SMILES string of the molecule is CCc1cnc(CN(C)[C@H]2CCN(CC(=O)Nc3cc(C)no3)C2)o1. The minimum atomic E-state index is -0.0836. The molecule has 25 heavy (non-hydrogen) atoms. The summed E-state index contributed by atoms with van der Waals surface area (Å²) in [5, 5.41) is 6.49. The van der Waals surface area contributed by atoms with Crippen LogP contribution in [-0.4, -0.2) is 58.6 Å².